The van der Waals surface area contributed by atoms with Gasteiger partial charge in [-0.15, -0.1) is 0 Å². The van der Waals surface area contributed by atoms with Gasteiger partial charge in [-0.1, -0.05) is 60.7 Å². The first-order valence-electron chi connectivity index (χ1n) is 10.0. The fourth-order valence-corrected chi connectivity index (χ4v) is 2.82. The van der Waals surface area contributed by atoms with E-state index in [1.165, 1.54) is 7.11 Å². The molecule has 0 saturated heterocycles. The molecule has 1 amide bonds. The quantitative estimate of drug-likeness (QED) is 0.255. The molecule has 0 heterocycles. The Morgan fingerprint density at radius 2 is 1.69 bits per heavy atom. The molecule has 32 heavy (non-hydrogen) atoms. The molecule has 2 rings (SSSR count). The number of carbonyl (C=O) groups is 3. The van der Waals surface area contributed by atoms with Crippen LogP contribution in [-0.2, 0) is 30.3 Å². The molecule has 0 bridgehead atoms. The van der Waals surface area contributed by atoms with Gasteiger partial charge in [-0.25, -0.2) is 9.59 Å². The third-order valence-corrected chi connectivity index (χ3v) is 4.36. The fraction of sp³-hybridized carbons (Fsp3) is 0.250. The van der Waals surface area contributed by atoms with Gasteiger partial charge in [-0.05, 0) is 12.5 Å². The molecule has 8 nitrogen and oxygen atoms in total. The predicted molar refractivity (Wildman–Crippen MR) is 120 cm³/mol. The van der Waals surface area contributed by atoms with Gasteiger partial charge in [0.1, 0.15) is 23.9 Å². The van der Waals surface area contributed by atoms with Crippen molar-refractivity contribution in [3.8, 4) is 0 Å². The third kappa shape index (κ3) is 7.39. The van der Waals surface area contributed by atoms with E-state index in [0.29, 0.717) is 5.56 Å². The van der Waals surface area contributed by atoms with Gasteiger partial charge in [-0.3, -0.25) is 9.79 Å². The van der Waals surface area contributed by atoms with Crippen molar-refractivity contribution in [2.45, 2.75) is 19.4 Å². The minimum atomic E-state index is -0.886. The highest BCUT2D eigenvalue weighted by Crippen LogP contribution is 2.16. The van der Waals surface area contributed by atoms with Gasteiger partial charge >= 0.3 is 11.9 Å². The van der Waals surface area contributed by atoms with Crippen LogP contribution in [0.25, 0.3) is 5.76 Å². The average Bonchev–Trinajstić information content (AvgIpc) is 2.82. The molecule has 1 atom stereocenters. The Morgan fingerprint density at radius 3 is 2.28 bits per heavy atom. The van der Waals surface area contributed by atoms with Crippen LogP contribution in [0.3, 0.4) is 0 Å². The van der Waals surface area contributed by atoms with E-state index < -0.39 is 23.9 Å². The van der Waals surface area contributed by atoms with Crippen molar-refractivity contribution in [3.63, 3.8) is 0 Å². The van der Waals surface area contributed by atoms with Crippen molar-refractivity contribution in [2.75, 3.05) is 20.3 Å². The van der Waals surface area contributed by atoms with Crippen LogP contribution >= 0.6 is 0 Å². The van der Waals surface area contributed by atoms with Crippen LogP contribution in [0, 0.1) is 0 Å². The number of aliphatic hydroxyl groups is 1. The Hall–Kier alpha value is -3.94. The van der Waals surface area contributed by atoms with E-state index in [0.717, 1.165) is 11.8 Å². The van der Waals surface area contributed by atoms with Crippen molar-refractivity contribution < 1.29 is 29.0 Å². The zero-order valence-electron chi connectivity index (χ0n) is 18.0. The number of nitrogens with one attached hydrogen (secondary N) is 1. The van der Waals surface area contributed by atoms with Crippen molar-refractivity contribution >= 4 is 29.8 Å². The number of aliphatic hydroxyl groups excluding tert-OH is 1. The van der Waals surface area contributed by atoms with Gasteiger partial charge in [-0.2, -0.15) is 0 Å². The van der Waals surface area contributed by atoms with Crippen molar-refractivity contribution in [1.29, 1.82) is 0 Å². The lowest BCUT2D eigenvalue weighted by Crippen LogP contribution is -2.44. The number of esters is 2. The van der Waals surface area contributed by atoms with E-state index in [1.54, 1.807) is 37.3 Å². The Labute approximate surface area is 186 Å². The van der Waals surface area contributed by atoms with Gasteiger partial charge in [0.05, 0.1) is 13.7 Å². The molecule has 8 heteroatoms. The van der Waals surface area contributed by atoms with E-state index in [1.807, 2.05) is 30.3 Å². The average molecular weight is 438 g/mol. The molecule has 0 aromatic heterocycles. The van der Waals surface area contributed by atoms with E-state index in [4.69, 9.17) is 9.47 Å². The number of methoxy groups -OCH3 is 1. The highest BCUT2D eigenvalue weighted by Gasteiger charge is 2.22. The number of benzene rings is 2. The first-order chi connectivity index (χ1) is 15.5. The summed E-state index contributed by atoms with van der Waals surface area (Å²) in [5, 5.41) is 13.1. The highest BCUT2D eigenvalue weighted by molar-refractivity contribution is 6.15. The minimum Gasteiger partial charge on any atom is -0.506 e. The predicted octanol–water partition coefficient (Wildman–Crippen LogP) is 2.49. The summed E-state index contributed by atoms with van der Waals surface area (Å²) < 4.78 is 9.74. The Morgan fingerprint density at radius 1 is 1.06 bits per heavy atom. The van der Waals surface area contributed by atoms with Crippen molar-refractivity contribution in [3.05, 3.63) is 77.4 Å². The topological polar surface area (TPSA) is 114 Å². The van der Waals surface area contributed by atoms with Gasteiger partial charge in [0.15, 0.2) is 0 Å². The maximum Gasteiger partial charge on any atom is 0.343 e. The molecule has 168 valence electrons. The zero-order chi connectivity index (χ0) is 23.3. The molecule has 2 N–H and O–H groups in total. The SMILES string of the molecule is CCOC(=O)/C(C=NCC(=O)N[C@@H](Cc1ccccc1)C(=O)OC)=C(\O)c1ccccc1. The van der Waals surface area contributed by atoms with E-state index >= 15 is 0 Å². The molecule has 0 aliphatic rings. The molecule has 2 aromatic rings. The summed E-state index contributed by atoms with van der Waals surface area (Å²) in [6.45, 7) is 1.38. The summed E-state index contributed by atoms with van der Waals surface area (Å²) in [4.78, 5) is 40.6. The van der Waals surface area contributed by atoms with E-state index in [9.17, 15) is 19.5 Å². The summed E-state index contributed by atoms with van der Waals surface area (Å²) in [7, 11) is 1.24. The van der Waals surface area contributed by atoms with Gasteiger partial charge < -0.3 is 19.9 Å². The number of carbonyl (C=O) groups excluding carboxylic acids is 3. The summed E-state index contributed by atoms with van der Waals surface area (Å²) >= 11 is 0. The van der Waals surface area contributed by atoms with Crippen LogP contribution in [-0.4, -0.2) is 55.5 Å². The fourth-order valence-electron chi connectivity index (χ4n) is 2.82. The lowest BCUT2D eigenvalue weighted by atomic mass is 10.1. The van der Waals surface area contributed by atoms with Crippen LogP contribution in [0.1, 0.15) is 18.1 Å². The van der Waals surface area contributed by atoms with Crippen LogP contribution in [0.15, 0.2) is 71.2 Å². The van der Waals surface area contributed by atoms with Gasteiger partial charge in [0.25, 0.3) is 0 Å². The number of hydrogen-bond acceptors (Lipinski definition) is 7. The molecule has 0 aliphatic carbocycles. The Balaban J connectivity index is 2.11. The number of hydrogen-bond donors (Lipinski definition) is 2. The molecule has 0 fully saturated rings. The van der Waals surface area contributed by atoms with E-state index in [2.05, 4.69) is 10.3 Å². The van der Waals surface area contributed by atoms with Crippen LogP contribution in [0.2, 0.25) is 0 Å². The molecule has 0 aliphatic heterocycles. The first kappa shape index (κ1) is 24.3. The molecule has 0 unspecified atom stereocenters. The maximum absolute atomic E-state index is 12.4. The summed E-state index contributed by atoms with van der Waals surface area (Å²) in [5.74, 6) is -2.21. The molecular weight excluding hydrogens is 412 g/mol. The molecule has 2 aromatic carbocycles. The second-order valence-corrected chi connectivity index (χ2v) is 6.65. The van der Waals surface area contributed by atoms with Crippen molar-refractivity contribution in [2.24, 2.45) is 4.99 Å². The molecule has 0 radical (unpaired) electrons. The zero-order valence-corrected chi connectivity index (χ0v) is 18.0. The van der Waals surface area contributed by atoms with Crippen LogP contribution in [0.5, 0.6) is 0 Å². The maximum atomic E-state index is 12.4. The number of rotatable bonds is 10. The van der Waals surface area contributed by atoms with E-state index in [-0.39, 0.29) is 30.9 Å². The molecule has 0 saturated carbocycles. The van der Waals surface area contributed by atoms with Crippen LogP contribution in [0.4, 0.5) is 0 Å². The largest absolute Gasteiger partial charge is 0.506 e. The lowest BCUT2D eigenvalue weighted by Gasteiger charge is -2.16. The number of nitrogens with zero attached hydrogens (tertiary/aromatic N) is 1. The standard InChI is InChI=1S/C24H26N2O6/c1-3-32-23(29)19(22(28)18-12-8-5-9-13-18)15-25-16-21(27)26-20(24(30)31-2)14-17-10-6-4-7-11-17/h4-13,15,20,28H,3,14,16H2,1-2H3,(H,26,27)/b22-19-,25-15?/t20-/m0/s1. The summed E-state index contributed by atoms with van der Waals surface area (Å²) in [5.41, 5.74) is 1.08. The number of amides is 1. The monoisotopic (exact) mass is 438 g/mol. The third-order valence-electron chi connectivity index (χ3n) is 4.36. The Kier molecular flexibility index (Phi) is 9.65. The smallest absolute Gasteiger partial charge is 0.343 e. The second-order valence-electron chi connectivity index (χ2n) is 6.65. The Bertz CT molecular complexity index is 970. The highest BCUT2D eigenvalue weighted by atomic mass is 16.5. The number of aliphatic imine (C=N–C) groups is 1. The van der Waals surface area contributed by atoms with Crippen molar-refractivity contribution in [1.82, 2.24) is 5.32 Å². The lowest BCUT2D eigenvalue weighted by molar-refractivity contribution is -0.144. The normalized spacial score (nSPS) is 12.6. The number of ether oxygens (including phenoxy) is 2. The molecular formula is C24H26N2O6. The van der Waals surface area contributed by atoms with Gasteiger partial charge in [0, 0.05) is 18.2 Å². The summed E-state index contributed by atoms with van der Waals surface area (Å²) in [6.07, 6.45) is 1.34. The minimum absolute atomic E-state index is 0.110. The second kappa shape index (κ2) is 12.7. The van der Waals surface area contributed by atoms with Crippen LogP contribution < -0.4 is 5.32 Å². The summed E-state index contributed by atoms with van der Waals surface area (Å²) in [6, 6.07) is 16.7. The first-order valence-corrected chi connectivity index (χ1v) is 10.0. The van der Waals surface area contributed by atoms with Gasteiger partial charge in [0.2, 0.25) is 5.91 Å². The molecule has 0 spiro atoms.